The predicted octanol–water partition coefficient (Wildman–Crippen LogP) is 5.78. The molecule has 0 spiro atoms. The number of alkyl halides is 3. The summed E-state index contributed by atoms with van der Waals surface area (Å²) in [5.41, 5.74) is 1.38. The Bertz CT molecular complexity index is 1570. The van der Waals surface area contributed by atoms with E-state index in [0.717, 1.165) is 37.2 Å². The minimum atomic E-state index is -4.59. The van der Waals surface area contributed by atoms with Crippen LogP contribution in [0.4, 0.5) is 24.8 Å². The van der Waals surface area contributed by atoms with E-state index in [1.54, 1.807) is 13.0 Å². The van der Waals surface area contributed by atoms with Crippen molar-refractivity contribution in [1.29, 1.82) is 0 Å². The minimum absolute atomic E-state index is 0.000624. The van der Waals surface area contributed by atoms with Crippen LogP contribution in [0.15, 0.2) is 59.5 Å². The monoisotopic (exact) mass is 535 g/mol. The normalized spacial score (nSPS) is 17.9. The largest absolute Gasteiger partial charge is 0.417 e. The van der Waals surface area contributed by atoms with E-state index in [0.29, 0.717) is 23.2 Å². The summed E-state index contributed by atoms with van der Waals surface area (Å²) in [5, 5.41) is 6.94. The number of hydrogen-bond acceptors (Lipinski definition) is 6. The zero-order chi connectivity index (χ0) is 27.1. The molecule has 0 amide bonds. The second-order valence-corrected chi connectivity index (χ2v) is 9.97. The summed E-state index contributed by atoms with van der Waals surface area (Å²) in [6.45, 7) is 4.27. The molecule has 2 fully saturated rings. The first-order valence-electron chi connectivity index (χ1n) is 13.1. The van der Waals surface area contributed by atoms with Gasteiger partial charge < -0.3 is 15.4 Å². The van der Waals surface area contributed by atoms with Gasteiger partial charge in [-0.05, 0) is 66.6 Å². The number of fused-ring (bicyclic) bond motifs is 1. The Kier molecular flexibility index (Phi) is 6.60. The average Bonchev–Trinajstić information content (AvgIpc) is 3.79. The molecule has 202 valence electrons. The maximum absolute atomic E-state index is 14.1. The van der Waals surface area contributed by atoms with Crippen molar-refractivity contribution in [2.24, 2.45) is 0 Å². The molecule has 2 aromatic carbocycles. The van der Waals surface area contributed by atoms with Gasteiger partial charge >= 0.3 is 6.18 Å². The summed E-state index contributed by atoms with van der Waals surface area (Å²) in [7, 11) is 0. The Morgan fingerprint density at radius 3 is 2.51 bits per heavy atom. The molecule has 2 N–H and O–H groups in total. The van der Waals surface area contributed by atoms with E-state index < -0.39 is 17.3 Å². The van der Waals surface area contributed by atoms with Gasteiger partial charge in [0.25, 0.3) is 5.56 Å². The molecule has 1 atom stereocenters. The van der Waals surface area contributed by atoms with E-state index in [9.17, 15) is 18.0 Å². The van der Waals surface area contributed by atoms with Crippen molar-refractivity contribution in [3.8, 4) is 11.1 Å². The predicted molar refractivity (Wildman–Crippen MR) is 143 cm³/mol. The summed E-state index contributed by atoms with van der Waals surface area (Å²) in [5.74, 6) is 0.446. The third-order valence-corrected chi connectivity index (χ3v) is 7.30. The lowest BCUT2D eigenvalue weighted by Gasteiger charge is -2.24. The lowest BCUT2D eigenvalue weighted by Crippen LogP contribution is -2.33. The summed E-state index contributed by atoms with van der Waals surface area (Å²) in [6.07, 6.45) is -1.28. The molecule has 1 saturated carbocycles. The average molecular weight is 536 g/mol. The Balaban J connectivity index is 1.34. The fraction of sp³-hybridized carbons (Fsp3) is 0.345. The SMILES string of the molecule is CCn1c(=O)c(-c2ccc(C3CC3)cc2C(F)(F)F)cc2cnc(Nc3ccc(C4CNCCO4)cc3)nc21. The lowest BCUT2D eigenvalue weighted by atomic mass is 9.96. The molecule has 2 aliphatic rings. The number of hydrogen-bond donors (Lipinski definition) is 2. The van der Waals surface area contributed by atoms with Crippen molar-refractivity contribution in [3.05, 3.63) is 81.8 Å². The number of nitrogens with one attached hydrogen (secondary N) is 2. The van der Waals surface area contributed by atoms with Crippen molar-refractivity contribution in [1.82, 2.24) is 19.9 Å². The maximum atomic E-state index is 14.1. The van der Waals surface area contributed by atoms with E-state index in [4.69, 9.17) is 4.74 Å². The number of ether oxygens (including phenoxy) is 1. The van der Waals surface area contributed by atoms with E-state index in [-0.39, 0.29) is 35.6 Å². The Labute approximate surface area is 223 Å². The number of nitrogens with zero attached hydrogens (tertiary/aromatic N) is 3. The number of aromatic nitrogens is 3. The van der Waals surface area contributed by atoms with Crippen LogP contribution < -0.4 is 16.2 Å². The van der Waals surface area contributed by atoms with Crippen LogP contribution in [0.2, 0.25) is 0 Å². The first-order valence-corrected chi connectivity index (χ1v) is 13.1. The van der Waals surface area contributed by atoms with Crippen LogP contribution in [0.25, 0.3) is 22.2 Å². The van der Waals surface area contributed by atoms with Gasteiger partial charge in [0.15, 0.2) is 0 Å². The van der Waals surface area contributed by atoms with Crippen LogP contribution >= 0.6 is 0 Å². The number of halogens is 3. The van der Waals surface area contributed by atoms with Gasteiger partial charge in [0.1, 0.15) is 5.65 Å². The first-order chi connectivity index (χ1) is 18.8. The molecule has 7 nitrogen and oxygen atoms in total. The highest BCUT2D eigenvalue weighted by Gasteiger charge is 2.36. The topological polar surface area (TPSA) is 81.1 Å². The van der Waals surface area contributed by atoms with Crippen molar-refractivity contribution < 1.29 is 17.9 Å². The highest BCUT2D eigenvalue weighted by molar-refractivity contribution is 5.83. The zero-order valence-electron chi connectivity index (χ0n) is 21.4. The van der Waals surface area contributed by atoms with E-state index in [1.807, 2.05) is 24.3 Å². The van der Waals surface area contributed by atoms with Crippen molar-refractivity contribution in [3.63, 3.8) is 0 Å². The summed E-state index contributed by atoms with van der Waals surface area (Å²) < 4.78 is 49.4. The van der Waals surface area contributed by atoms with Gasteiger partial charge in [-0.15, -0.1) is 0 Å². The molecule has 1 saturated heterocycles. The molecule has 0 radical (unpaired) electrons. The Morgan fingerprint density at radius 2 is 1.85 bits per heavy atom. The maximum Gasteiger partial charge on any atom is 0.417 e. The van der Waals surface area contributed by atoms with E-state index >= 15 is 0 Å². The van der Waals surface area contributed by atoms with Gasteiger partial charge in [-0.3, -0.25) is 9.36 Å². The molecular formula is C29H28F3N5O2. The minimum Gasteiger partial charge on any atom is -0.371 e. The molecule has 4 aromatic rings. The van der Waals surface area contributed by atoms with Gasteiger partial charge in [-0.2, -0.15) is 18.2 Å². The third kappa shape index (κ3) is 5.14. The van der Waals surface area contributed by atoms with Gasteiger partial charge in [-0.1, -0.05) is 24.3 Å². The molecule has 3 heterocycles. The Morgan fingerprint density at radius 1 is 1.08 bits per heavy atom. The second-order valence-electron chi connectivity index (χ2n) is 9.97. The molecule has 2 aromatic heterocycles. The number of aryl methyl sites for hydroxylation is 1. The van der Waals surface area contributed by atoms with E-state index in [2.05, 4.69) is 20.6 Å². The standard InChI is InChI=1S/C29H28F3N5O2/c1-2-37-26-20(13-23(27(37)38)22-10-7-19(17-3-4-17)14-24(22)29(30,31)32)15-34-28(36-26)35-21-8-5-18(6-9-21)25-16-33-11-12-39-25/h5-10,13-15,17,25,33H,2-4,11-12,16H2,1H3,(H,34,35,36). The van der Waals surface area contributed by atoms with Crippen molar-refractivity contribution >= 4 is 22.7 Å². The molecule has 10 heteroatoms. The smallest absolute Gasteiger partial charge is 0.371 e. The molecular weight excluding hydrogens is 507 g/mol. The molecule has 1 aliphatic heterocycles. The number of benzene rings is 2. The van der Waals surface area contributed by atoms with Crippen LogP contribution in [0.3, 0.4) is 0 Å². The van der Waals surface area contributed by atoms with Gasteiger partial charge in [0.05, 0.1) is 18.3 Å². The first kappa shape index (κ1) is 25.5. The molecule has 39 heavy (non-hydrogen) atoms. The van der Waals surface area contributed by atoms with Crippen molar-refractivity contribution in [2.75, 3.05) is 25.0 Å². The number of morpholine rings is 1. The fourth-order valence-corrected chi connectivity index (χ4v) is 5.10. The number of anilines is 2. The fourth-order valence-electron chi connectivity index (χ4n) is 5.10. The number of rotatable bonds is 6. The van der Waals surface area contributed by atoms with E-state index in [1.165, 1.54) is 29.0 Å². The summed E-state index contributed by atoms with van der Waals surface area (Å²) in [4.78, 5) is 22.4. The van der Waals surface area contributed by atoms with Crippen LogP contribution in [0.1, 0.15) is 48.5 Å². The van der Waals surface area contributed by atoms with Crippen molar-refractivity contribution in [2.45, 2.75) is 44.5 Å². The molecule has 6 rings (SSSR count). The molecule has 1 aliphatic carbocycles. The van der Waals surface area contributed by atoms with Gasteiger partial charge in [0.2, 0.25) is 5.95 Å². The Hall–Kier alpha value is -3.76. The third-order valence-electron chi connectivity index (χ3n) is 7.30. The van der Waals surface area contributed by atoms with Gasteiger partial charge in [-0.25, -0.2) is 4.98 Å². The quantitative estimate of drug-likeness (QED) is 0.326. The lowest BCUT2D eigenvalue weighted by molar-refractivity contribution is -0.137. The van der Waals surface area contributed by atoms with Crippen LogP contribution in [0, 0.1) is 0 Å². The second kappa shape index (κ2) is 10.1. The highest BCUT2D eigenvalue weighted by atomic mass is 19.4. The highest BCUT2D eigenvalue weighted by Crippen LogP contribution is 2.44. The molecule has 1 unspecified atom stereocenters. The van der Waals surface area contributed by atoms with Gasteiger partial charge in [0, 0.05) is 42.5 Å². The summed E-state index contributed by atoms with van der Waals surface area (Å²) in [6, 6.07) is 13.5. The van der Waals surface area contributed by atoms with Crippen LogP contribution in [0.5, 0.6) is 0 Å². The summed E-state index contributed by atoms with van der Waals surface area (Å²) >= 11 is 0. The van der Waals surface area contributed by atoms with Crippen LogP contribution in [-0.4, -0.2) is 34.2 Å². The number of pyridine rings is 1. The van der Waals surface area contributed by atoms with Crippen LogP contribution in [-0.2, 0) is 17.5 Å². The zero-order valence-corrected chi connectivity index (χ0v) is 21.4. The molecule has 0 bridgehead atoms.